The van der Waals surface area contributed by atoms with E-state index >= 15 is 0 Å². The van der Waals surface area contributed by atoms with Crippen LogP contribution in [0.1, 0.15) is 18.2 Å². The molecule has 0 saturated heterocycles. The van der Waals surface area contributed by atoms with E-state index in [9.17, 15) is 4.79 Å². The van der Waals surface area contributed by atoms with Crippen molar-refractivity contribution >= 4 is 39.7 Å². The molecule has 4 rings (SSSR count). The second kappa shape index (κ2) is 6.14. The first kappa shape index (κ1) is 15.5. The maximum absolute atomic E-state index is 11.2. The third-order valence-electron chi connectivity index (χ3n) is 3.86. The molecule has 1 aliphatic rings. The van der Waals surface area contributed by atoms with E-state index in [0.29, 0.717) is 16.8 Å². The van der Waals surface area contributed by atoms with Gasteiger partial charge >= 0.3 is 0 Å². The summed E-state index contributed by atoms with van der Waals surface area (Å²) in [5.41, 5.74) is 10.4. The standard InChI is InChI=1S/C17H16N6OS/c1-9(24)20-11-3-2-4-12(7-11)21-17-19-8-10-5-6-13-15(14(10)23-17)25-16(18)22-13/h2-4,7-8H,5-6H2,1H3,(H2,18,22)(H,20,24)(H,19,21,23). The number of carbonyl (C=O) groups excluding carboxylic acids is 1. The van der Waals surface area contributed by atoms with Crippen molar-refractivity contribution in [2.75, 3.05) is 16.4 Å². The number of amides is 1. The molecule has 126 valence electrons. The minimum absolute atomic E-state index is 0.113. The van der Waals surface area contributed by atoms with Gasteiger partial charge in [0, 0.05) is 24.5 Å². The highest BCUT2D eigenvalue weighted by Crippen LogP contribution is 2.37. The fraction of sp³-hybridized carbons (Fsp3) is 0.176. The SMILES string of the molecule is CC(=O)Nc1cccc(Nc2ncc3c(n2)-c2sc(N)nc2CC3)c1. The Morgan fingerprint density at radius 2 is 2.08 bits per heavy atom. The molecule has 0 atom stereocenters. The van der Waals surface area contributed by atoms with Crippen molar-refractivity contribution in [3.63, 3.8) is 0 Å². The first-order valence-corrected chi connectivity index (χ1v) is 8.66. The summed E-state index contributed by atoms with van der Waals surface area (Å²) in [5, 5.41) is 6.51. The Balaban J connectivity index is 1.64. The number of rotatable bonds is 3. The van der Waals surface area contributed by atoms with Gasteiger partial charge in [0.2, 0.25) is 11.9 Å². The van der Waals surface area contributed by atoms with E-state index in [1.54, 1.807) is 0 Å². The van der Waals surface area contributed by atoms with Gasteiger partial charge in [-0.1, -0.05) is 17.4 Å². The molecule has 7 nitrogen and oxygen atoms in total. The average Bonchev–Trinajstić information content (AvgIpc) is 2.95. The number of nitrogens with one attached hydrogen (secondary N) is 2. The van der Waals surface area contributed by atoms with Crippen LogP contribution in [0, 0.1) is 0 Å². The van der Waals surface area contributed by atoms with Crippen LogP contribution in [0.4, 0.5) is 22.5 Å². The van der Waals surface area contributed by atoms with Gasteiger partial charge in [0.25, 0.3) is 0 Å². The molecule has 1 aliphatic carbocycles. The molecule has 0 radical (unpaired) electrons. The molecule has 2 aromatic heterocycles. The van der Waals surface area contributed by atoms with Crippen LogP contribution < -0.4 is 16.4 Å². The molecule has 0 bridgehead atoms. The number of anilines is 4. The summed E-state index contributed by atoms with van der Waals surface area (Å²) in [4.78, 5) is 25.7. The monoisotopic (exact) mass is 352 g/mol. The zero-order chi connectivity index (χ0) is 17.4. The lowest BCUT2D eigenvalue weighted by atomic mass is 10.00. The predicted molar refractivity (Wildman–Crippen MR) is 99.0 cm³/mol. The number of fused-ring (bicyclic) bond motifs is 3. The van der Waals surface area contributed by atoms with E-state index in [2.05, 4.69) is 25.6 Å². The predicted octanol–water partition coefficient (Wildman–Crippen LogP) is 2.98. The van der Waals surface area contributed by atoms with Crippen LogP contribution in [-0.4, -0.2) is 20.9 Å². The van der Waals surface area contributed by atoms with Crippen molar-refractivity contribution in [3.05, 3.63) is 41.7 Å². The quantitative estimate of drug-likeness (QED) is 0.669. The van der Waals surface area contributed by atoms with E-state index in [1.165, 1.54) is 18.3 Å². The van der Waals surface area contributed by atoms with Gasteiger partial charge in [0.15, 0.2) is 5.13 Å². The van der Waals surface area contributed by atoms with Crippen LogP contribution in [0.15, 0.2) is 30.5 Å². The van der Waals surface area contributed by atoms with Crippen LogP contribution in [0.5, 0.6) is 0 Å². The van der Waals surface area contributed by atoms with E-state index in [0.717, 1.165) is 40.4 Å². The summed E-state index contributed by atoms with van der Waals surface area (Å²) in [6.07, 6.45) is 3.58. The molecule has 0 spiro atoms. The van der Waals surface area contributed by atoms with Gasteiger partial charge < -0.3 is 16.4 Å². The lowest BCUT2D eigenvalue weighted by molar-refractivity contribution is -0.114. The maximum atomic E-state index is 11.2. The zero-order valence-corrected chi connectivity index (χ0v) is 14.4. The summed E-state index contributed by atoms with van der Waals surface area (Å²) in [6, 6.07) is 7.41. The fourth-order valence-corrected chi connectivity index (χ4v) is 3.74. The first-order valence-electron chi connectivity index (χ1n) is 7.84. The Kier molecular flexibility index (Phi) is 3.81. The molecule has 4 N–H and O–H groups in total. The van der Waals surface area contributed by atoms with Crippen molar-refractivity contribution in [3.8, 4) is 10.6 Å². The number of thiazole rings is 1. The molecular formula is C17H16N6OS. The maximum Gasteiger partial charge on any atom is 0.227 e. The highest BCUT2D eigenvalue weighted by Gasteiger charge is 2.22. The second-order valence-electron chi connectivity index (χ2n) is 5.78. The van der Waals surface area contributed by atoms with Gasteiger partial charge in [0.1, 0.15) is 0 Å². The highest BCUT2D eigenvalue weighted by molar-refractivity contribution is 7.18. The Bertz CT molecular complexity index is 968. The number of carbonyl (C=O) groups is 1. The number of hydrogen-bond acceptors (Lipinski definition) is 7. The average molecular weight is 352 g/mol. The molecule has 0 unspecified atom stereocenters. The summed E-state index contributed by atoms with van der Waals surface area (Å²) < 4.78 is 0. The van der Waals surface area contributed by atoms with Gasteiger partial charge in [-0.2, -0.15) is 0 Å². The van der Waals surface area contributed by atoms with Crippen molar-refractivity contribution < 1.29 is 4.79 Å². The summed E-state index contributed by atoms with van der Waals surface area (Å²) in [6.45, 7) is 1.48. The topological polar surface area (TPSA) is 106 Å². The lowest BCUT2D eigenvalue weighted by Gasteiger charge is -2.15. The number of benzene rings is 1. The number of nitrogen functional groups attached to an aromatic ring is 1. The van der Waals surface area contributed by atoms with E-state index in [1.807, 2.05) is 30.5 Å². The minimum atomic E-state index is -0.113. The van der Waals surface area contributed by atoms with Crippen molar-refractivity contribution in [1.82, 2.24) is 15.0 Å². The van der Waals surface area contributed by atoms with Crippen LogP contribution >= 0.6 is 11.3 Å². The Morgan fingerprint density at radius 1 is 1.24 bits per heavy atom. The molecule has 1 aromatic carbocycles. The van der Waals surface area contributed by atoms with Gasteiger partial charge in [-0.25, -0.2) is 15.0 Å². The Labute approximate surface area is 148 Å². The molecule has 8 heteroatoms. The van der Waals surface area contributed by atoms with E-state index in [-0.39, 0.29) is 5.91 Å². The third-order valence-corrected chi connectivity index (χ3v) is 4.80. The number of nitrogens with two attached hydrogens (primary N) is 1. The normalized spacial score (nSPS) is 12.2. The molecule has 0 aliphatic heterocycles. The summed E-state index contributed by atoms with van der Waals surface area (Å²) in [5.74, 6) is 0.385. The molecule has 1 amide bonds. The fourth-order valence-electron chi connectivity index (χ4n) is 2.83. The van der Waals surface area contributed by atoms with Gasteiger partial charge in [-0.3, -0.25) is 4.79 Å². The lowest BCUT2D eigenvalue weighted by Crippen LogP contribution is -2.08. The van der Waals surface area contributed by atoms with Crippen LogP contribution in [0.25, 0.3) is 10.6 Å². The van der Waals surface area contributed by atoms with Gasteiger partial charge in [0.05, 0.1) is 16.3 Å². The van der Waals surface area contributed by atoms with E-state index < -0.39 is 0 Å². The van der Waals surface area contributed by atoms with Crippen LogP contribution in [0.3, 0.4) is 0 Å². The minimum Gasteiger partial charge on any atom is -0.375 e. The van der Waals surface area contributed by atoms with Crippen molar-refractivity contribution in [2.24, 2.45) is 0 Å². The largest absolute Gasteiger partial charge is 0.375 e. The molecule has 25 heavy (non-hydrogen) atoms. The highest BCUT2D eigenvalue weighted by atomic mass is 32.1. The summed E-state index contributed by atoms with van der Waals surface area (Å²) in [7, 11) is 0. The van der Waals surface area contributed by atoms with Crippen LogP contribution in [0.2, 0.25) is 0 Å². The second-order valence-corrected chi connectivity index (χ2v) is 6.81. The zero-order valence-electron chi connectivity index (χ0n) is 13.5. The number of nitrogens with zero attached hydrogens (tertiary/aromatic N) is 3. The molecule has 3 aromatic rings. The Hall–Kier alpha value is -3.00. The number of aromatic nitrogens is 3. The van der Waals surface area contributed by atoms with Crippen molar-refractivity contribution in [1.29, 1.82) is 0 Å². The third kappa shape index (κ3) is 3.16. The van der Waals surface area contributed by atoms with Crippen LogP contribution in [-0.2, 0) is 17.6 Å². The molecule has 0 saturated carbocycles. The van der Waals surface area contributed by atoms with Gasteiger partial charge in [-0.15, -0.1) is 0 Å². The summed E-state index contributed by atoms with van der Waals surface area (Å²) >= 11 is 1.46. The first-order chi connectivity index (χ1) is 12.1. The van der Waals surface area contributed by atoms with E-state index in [4.69, 9.17) is 5.73 Å². The molecule has 2 heterocycles. The molecule has 0 fully saturated rings. The number of hydrogen-bond donors (Lipinski definition) is 3. The van der Waals surface area contributed by atoms with Crippen molar-refractivity contribution in [2.45, 2.75) is 19.8 Å². The van der Waals surface area contributed by atoms with Gasteiger partial charge in [-0.05, 0) is 36.6 Å². The smallest absolute Gasteiger partial charge is 0.227 e. The number of aryl methyl sites for hydroxylation is 2. The molecular weight excluding hydrogens is 336 g/mol. The Morgan fingerprint density at radius 3 is 2.92 bits per heavy atom.